The van der Waals surface area contributed by atoms with E-state index < -0.39 is 22.0 Å². The smallest absolute Gasteiger partial charge is 0.244 e. The minimum absolute atomic E-state index is 0.0249. The normalized spacial score (nSPS) is 13.1. The molecule has 2 aromatic carbocycles. The number of benzene rings is 2. The molecule has 8 heteroatoms. The summed E-state index contributed by atoms with van der Waals surface area (Å²) in [5.41, 5.74) is 3.05. The van der Waals surface area contributed by atoms with E-state index in [0.29, 0.717) is 18.7 Å². The quantitative estimate of drug-likeness (QED) is 0.526. The van der Waals surface area contributed by atoms with Crippen LogP contribution in [0.4, 0.5) is 5.69 Å². The predicted octanol–water partition coefficient (Wildman–Crippen LogP) is 3.44. The fraction of sp³-hybridized carbons (Fsp3) is 0.462. The maximum absolute atomic E-state index is 13.6. The SMILES string of the molecule is CCC(C)NC(=O)C(C)N(CCc1ccccc1)C(=O)CN(c1c(C)cccc1C)S(C)(=O)=O. The fourth-order valence-electron chi connectivity index (χ4n) is 3.81. The lowest BCUT2D eigenvalue weighted by molar-refractivity contribution is -0.139. The number of aryl methyl sites for hydroxylation is 2. The summed E-state index contributed by atoms with van der Waals surface area (Å²) in [6.45, 7) is 9.13. The van der Waals surface area contributed by atoms with E-state index in [1.807, 2.05) is 76.2 Å². The molecular weight excluding hydrogens is 450 g/mol. The second-order valence-electron chi connectivity index (χ2n) is 8.83. The standard InChI is InChI=1S/C26H37N3O4S/c1-7-21(4)27-26(31)22(5)28(17-16-23-14-9-8-10-15-23)24(30)18-29(34(6,32)33)25-19(2)12-11-13-20(25)3/h8-15,21-22H,7,16-18H2,1-6H3,(H,27,31). The maximum Gasteiger partial charge on any atom is 0.244 e. The highest BCUT2D eigenvalue weighted by atomic mass is 32.2. The molecule has 0 spiro atoms. The Morgan fingerprint density at radius 1 is 0.971 bits per heavy atom. The zero-order valence-electron chi connectivity index (χ0n) is 21.0. The molecule has 186 valence electrons. The molecule has 0 saturated heterocycles. The molecule has 1 N–H and O–H groups in total. The van der Waals surface area contributed by atoms with Crippen molar-refractivity contribution in [1.29, 1.82) is 0 Å². The van der Waals surface area contributed by atoms with E-state index in [1.54, 1.807) is 6.92 Å². The number of hydrogen-bond donors (Lipinski definition) is 1. The first-order chi connectivity index (χ1) is 16.0. The van der Waals surface area contributed by atoms with E-state index in [9.17, 15) is 18.0 Å². The number of nitrogens with one attached hydrogen (secondary N) is 1. The number of carbonyl (C=O) groups is 2. The van der Waals surface area contributed by atoms with Gasteiger partial charge < -0.3 is 10.2 Å². The van der Waals surface area contributed by atoms with Crippen molar-refractivity contribution in [2.45, 2.75) is 59.5 Å². The molecule has 2 aromatic rings. The molecule has 34 heavy (non-hydrogen) atoms. The Morgan fingerprint density at radius 3 is 2.09 bits per heavy atom. The summed E-state index contributed by atoms with van der Waals surface area (Å²) >= 11 is 0. The molecule has 0 bridgehead atoms. The van der Waals surface area contributed by atoms with Crippen LogP contribution < -0.4 is 9.62 Å². The molecule has 0 aliphatic heterocycles. The van der Waals surface area contributed by atoms with E-state index in [-0.39, 0.29) is 18.5 Å². The molecule has 0 radical (unpaired) electrons. The van der Waals surface area contributed by atoms with Crippen LogP contribution in [0, 0.1) is 13.8 Å². The second-order valence-corrected chi connectivity index (χ2v) is 10.7. The van der Waals surface area contributed by atoms with Gasteiger partial charge in [-0.1, -0.05) is 55.5 Å². The molecule has 2 unspecified atom stereocenters. The van der Waals surface area contributed by atoms with Gasteiger partial charge >= 0.3 is 0 Å². The summed E-state index contributed by atoms with van der Waals surface area (Å²) in [6.07, 6.45) is 2.42. The predicted molar refractivity (Wildman–Crippen MR) is 137 cm³/mol. The van der Waals surface area contributed by atoms with Gasteiger partial charge in [0.1, 0.15) is 12.6 Å². The van der Waals surface area contributed by atoms with Crippen LogP contribution in [0.2, 0.25) is 0 Å². The molecule has 2 rings (SSSR count). The minimum Gasteiger partial charge on any atom is -0.352 e. The van der Waals surface area contributed by atoms with Gasteiger partial charge in [0, 0.05) is 12.6 Å². The third-order valence-electron chi connectivity index (χ3n) is 6.02. The average Bonchev–Trinajstić information content (AvgIpc) is 2.78. The largest absolute Gasteiger partial charge is 0.352 e. The molecule has 0 fully saturated rings. The van der Waals surface area contributed by atoms with Crippen molar-refractivity contribution in [1.82, 2.24) is 10.2 Å². The number of anilines is 1. The summed E-state index contributed by atoms with van der Waals surface area (Å²) in [5, 5.41) is 2.93. The number of carbonyl (C=O) groups excluding carboxylic acids is 2. The molecule has 0 saturated carbocycles. The Morgan fingerprint density at radius 2 is 1.56 bits per heavy atom. The Hall–Kier alpha value is -2.87. The first-order valence-electron chi connectivity index (χ1n) is 11.6. The Labute approximate surface area is 204 Å². The summed E-state index contributed by atoms with van der Waals surface area (Å²) in [4.78, 5) is 27.9. The van der Waals surface area contributed by atoms with Crippen LogP contribution in [0.1, 0.15) is 43.9 Å². The van der Waals surface area contributed by atoms with Crippen LogP contribution in [0.5, 0.6) is 0 Å². The van der Waals surface area contributed by atoms with Crippen molar-refractivity contribution in [3.05, 3.63) is 65.2 Å². The number of nitrogens with zero attached hydrogens (tertiary/aromatic N) is 2. The van der Waals surface area contributed by atoms with Gasteiger partial charge in [-0.15, -0.1) is 0 Å². The number of para-hydroxylation sites is 1. The average molecular weight is 488 g/mol. The summed E-state index contributed by atoms with van der Waals surface area (Å²) in [6, 6.07) is 14.4. The zero-order valence-corrected chi connectivity index (χ0v) is 21.9. The number of sulfonamides is 1. The molecule has 2 amide bonds. The summed E-state index contributed by atoms with van der Waals surface area (Å²) in [7, 11) is -3.74. The molecule has 2 atom stereocenters. The molecule has 0 aliphatic rings. The van der Waals surface area contributed by atoms with E-state index in [2.05, 4.69) is 5.32 Å². The van der Waals surface area contributed by atoms with Crippen LogP contribution in [0.25, 0.3) is 0 Å². The van der Waals surface area contributed by atoms with Crippen molar-refractivity contribution in [3.63, 3.8) is 0 Å². The fourth-order valence-corrected chi connectivity index (χ4v) is 4.78. The van der Waals surface area contributed by atoms with E-state index in [4.69, 9.17) is 0 Å². The Kier molecular flexibility index (Phi) is 9.67. The lowest BCUT2D eigenvalue weighted by Gasteiger charge is -2.32. The van der Waals surface area contributed by atoms with Gasteiger partial charge in [0.25, 0.3) is 0 Å². The van der Waals surface area contributed by atoms with Gasteiger partial charge in [0.15, 0.2) is 0 Å². The lowest BCUT2D eigenvalue weighted by Crippen LogP contribution is -2.53. The van der Waals surface area contributed by atoms with Crippen LogP contribution in [0.3, 0.4) is 0 Å². The Balaban J connectivity index is 2.36. The van der Waals surface area contributed by atoms with Gasteiger partial charge in [-0.2, -0.15) is 0 Å². The van der Waals surface area contributed by atoms with Gasteiger partial charge in [-0.3, -0.25) is 13.9 Å². The molecule has 0 heterocycles. The molecule has 0 aliphatic carbocycles. The number of hydrogen-bond acceptors (Lipinski definition) is 4. The first-order valence-corrected chi connectivity index (χ1v) is 13.5. The first kappa shape index (κ1) is 27.4. The van der Waals surface area contributed by atoms with Gasteiger partial charge in [-0.25, -0.2) is 8.42 Å². The van der Waals surface area contributed by atoms with Gasteiger partial charge in [0.2, 0.25) is 21.8 Å². The van der Waals surface area contributed by atoms with E-state index in [1.165, 1.54) is 4.90 Å². The Bertz CT molecular complexity index is 1070. The summed E-state index contributed by atoms with van der Waals surface area (Å²) in [5.74, 6) is -0.676. The summed E-state index contributed by atoms with van der Waals surface area (Å²) < 4.78 is 26.6. The highest BCUT2D eigenvalue weighted by molar-refractivity contribution is 7.92. The molecule has 7 nitrogen and oxygen atoms in total. The van der Waals surface area contributed by atoms with Gasteiger partial charge in [0.05, 0.1) is 11.9 Å². The van der Waals surface area contributed by atoms with Crippen LogP contribution in [-0.4, -0.2) is 56.6 Å². The molecule has 0 aromatic heterocycles. The number of rotatable bonds is 11. The van der Waals surface area contributed by atoms with Crippen LogP contribution in [-0.2, 0) is 26.0 Å². The lowest BCUT2D eigenvalue weighted by atomic mass is 10.1. The molecular formula is C26H37N3O4S. The zero-order chi connectivity index (χ0) is 25.5. The van der Waals surface area contributed by atoms with Crippen molar-refractivity contribution in [2.75, 3.05) is 23.7 Å². The topological polar surface area (TPSA) is 86.8 Å². The van der Waals surface area contributed by atoms with Crippen molar-refractivity contribution in [2.24, 2.45) is 0 Å². The highest BCUT2D eigenvalue weighted by Crippen LogP contribution is 2.27. The third kappa shape index (κ3) is 7.32. The van der Waals surface area contributed by atoms with Gasteiger partial charge in [-0.05, 0) is 57.2 Å². The third-order valence-corrected chi connectivity index (χ3v) is 7.13. The highest BCUT2D eigenvalue weighted by Gasteiger charge is 2.31. The monoisotopic (exact) mass is 487 g/mol. The van der Waals surface area contributed by atoms with Crippen molar-refractivity contribution < 1.29 is 18.0 Å². The second kappa shape index (κ2) is 12.0. The van der Waals surface area contributed by atoms with Crippen LogP contribution >= 0.6 is 0 Å². The van der Waals surface area contributed by atoms with Crippen LogP contribution in [0.15, 0.2) is 48.5 Å². The van der Waals surface area contributed by atoms with Crippen molar-refractivity contribution >= 4 is 27.5 Å². The number of amides is 2. The van der Waals surface area contributed by atoms with E-state index in [0.717, 1.165) is 33.7 Å². The minimum atomic E-state index is -3.74. The maximum atomic E-state index is 13.6. The van der Waals surface area contributed by atoms with Crippen molar-refractivity contribution in [3.8, 4) is 0 Å². The van der Waals surface area contributed by atoms with E-state index >= 15 is 0 Å².